The second-order valence-electron chi connectivity index (χ2n) is 6.63. The van der Waals surface area contributed by atoms with Crippen molar-refractivity contribution in [1.82, 2.24) is 15.2 Å². The summed E-state index contributed by atoms with van der Waals surface area (Å²) in [7, 11) is 0. The van der Waals surface area contributed by atoms with Crippen LogP contribution >= 0.6 is 11.6 Å². The van der Waals surface area contributed by atoms with Crippen LogP contribution in [-0.2, 0) is 4.79 Å². The van der Waals surface area contributed by atoms with Crippen LogP contribution in [0.1, 0.15) is 20.3 Å². The molecule has 0 spiro atoms. The molecule has 0 radical (unpaired) electrons. The monoisotopic (exact) mass is 360 g/mol. The summed E-state index contributed by atoms with van der Waals surface area (Å²) in [5.41, 5.74) is 0. The first-order valence-corrected chi connectivity index (χ1v) is 9.26. The van der Waals surface area contributed by atoms with Crippen molar-refractivity contribution >= 4 is 34.1 Å². The van der Waals surface area contributed by atoms with Crippen LogP contribution in [0.5, 0.6) is 0 Å². The first-order chi connectivity index (χ1) is 12.1. The molecule has 134 valence electrons. The lowest BCUT2D eigenvalue weighted by atomic mass is 10.1. The Hall–Kier alpha value is -1.85. The third-order valence-electron chi connectivity index (χ3n) is 4.76. The SMILES string of the molecule is CCC(C)NC(=O)CN1CCN(c2cc3ccccc3c(Cl)n2)CC1. The van der Waals surface area contributed by atoms with Gasteiger partial charge >= 0.3 is 0 Å². The summed E-state index contributed by atoms with van der Waals surface area (Å²) in [5.74, 6) is 1.02. The fourth-order valence-corrected chi connectivity index (χ4v) is 3.32. The number of amides is 1. The van der Waals surface area contributed by atoms with E-state index >= 15 is 0 Å². The molecule has 3 rings (SSSR count). The molecule has 1 unspecified atom stereocenters. The Morgan fingerprint density at radius 1 is 1.28 bits per heavy atom. The van der Waals surface area contributed by atoms with Gasteiger partial charge in [-0.25, -0.2) is 4.98 Å². The highest BCUT2D eigenvalue weighted by molar-refractivity contribution is 6.34. The minimum atomic E-state index is 0.106. The van der Waals surface area contributed by atoms with E-state index in [1.54, 1.807) is 0 Å². The number of nitrogens with one attached hydrogen (secondary N) is 1. The van der Waals surface area contributed by atoms with Crippen LogP contribution in [0.25, 0.3) is 10.8 Å². The second kappa shape index (κ2) is 8.02. The summed E-state index contributed by atoms with van der Waals surface area (Å²) in [4.78, 5) is 21.0. The number of carbonyl (C=O) groups is 1. The first-order valence-electron chi connectivity index (χ1n) is 8.88. The van der Waals surface area contributed by atoms with Crippen molar-refractivity contribution in [3.05, 3.63) is 35.5 Å². The van der Waals surface area contributed by atoms with Crippen LogP contribution < -0.4 is 10.2 Å². The molecule has 1 fully saturated rings. The Morgan fingerprint density at radius 2 is 2.00 bits per heavy atom. The van der Waals surface area contributed by atoms with Crippen LogP contribution in [0.4, 0.5) is 5.82 Å². The lowest BCUT2D eigenvalue weighted by molar-refractivity contribution is -0.122. The summed E-state index contributed by atoms with van der Waals surface area (Å²) >= 11 is 6.34. The van der Waals surface area contributed by atoms with Crippen LogP contribution in [0.15, 0.2) is 30.3 Å². The molecule has 0 saturated carbocycles. The molecule has 0 aliphatic carbocycles. The van der Waals surface area contributed by atoms with E-state index in [0.29, 0.717) is 11.7 Å². The Kier molecular flexibility index (Phi) is 5.76. The summed E-state index contributed by atoms with van der Waals surface area (Å²) in [6, 6.07) is 10.4. The smallest absolute Gasteiger partial charge is 0.234 e. The third kappa shape index (κ3) is 4.41. The number of hydrogen-bond acceptors (Lipinski definition) is 4. The Labute approximate surface area is 154 Å². The predicted octanol–water partition coefficient (Wildman–Crippen LogP) is 2.92. The van der Waals surface area contributed by atoms with E-state index in [1.165, 1.54) is 0 Å². The number of piperazine rings is 1. The number of carbonyl (C=O) groups excluding carboxylic acids is 1. The van der Waals surface area contributed by atoms with E-state index in [0.717, 1.165) is 49.2 Å². The van der Waals surface area contributed by atoms with Gasteiger partial charge in [0.25, 0.3) is 0 Å². The highest BCUT2D eigenvalue weighted by Gasteiger charge is 2.21. The number of aromatic nitrogens is 1. The normalized spacial score (nSPS) is 16.8. The Bertz CT molecular complexity index is 743. The molecule has 1 N–H and O–H groups in total. The van der Waals surface area contributed by atoms with Crippen LogP contribution in [0.2, 0.25) is 5.15 Å². The number of fused-ring (bicyclic) bond motifs is 1. The molecule has 1 aliphatic heterocycles. The highest BCUT2D eigenvalue weighted by Crippen LogP contribution is 2.26. The first kappa shape index (κ1) is 18.0. The van der Waals surface area contributed by atoms with E-state index in [-0.39, 0.29) is 11.9 Å². The topological polar surface area (TPSA) is 48.5 Å². The largest absolute Gasteiger partial charge is 0.354 e. The van der Waals surface area contributed by atoms with Crippen LogP contribution in [0, 0.1) is 0 Å². The van der Waals surface area contributed by atoms with Gasteiger partial charge in [-0.2, -0.15) is 0 Å². The summed E-state index contributed by atoms with van der Waals surface area (Å²) in [5, 5.41) is 5.65. The van der Waals surface area contributed by atoms with Crippen molar-refractivity contribution in [1.29, 1.82) is 0 Å². The fourth-order valence-electron chi connectivity index (χ4n) is 3.07. The van der Waals surface area contributed by atoms with Crippen molar-refractivity contribution < 1.29 is 4.79 Å². The van der Waals surface area contributed by atoms with Gasteiger partial charge in [0.1, 0.15) is 11.0 Å². The number of anilines is 1. The number of halogens is 1. The van der Waals surface area contributed by atoms with Gasteiger partial charge in [-0.05, 0) is 24.8 Å². The van der Waals surface area contributed by atoms with E-state index < -0.39 is 0 Å². The molecule has 2 aromatic rings. The molecule has 6 heteroatoms. The number of benzene rings is 1. The predicted molar refractivity (Wildman–Crippen MR) is 103 cm³/mol. The molecular weight excluding hydrogens is 336 g/mol. The van der Waals surface area contributed by atoms with E-state index in [9.17, 15) is 4.79 Å². The lowest BCUT2D eigenvalue weighted by Crippen LogP contribution is -2.50. The highest BCUT2D eigenvalue weighted by atomic mass is 35.5. The zero-order valence-corrected chi connectivity index (χ0v) is 15.6. The van der Waals surface area contributed by atoms with Gasteiger partial charge in [-0.1, -0.05) is 42.8 Å². The van der Waals surface area contributed by atoms with Crippen molar-refractivity contribution in [2.24, 2.45) is 0 Å². The summed E-state index contributed by atoms with van der Waals surface area (Å²) in [6.07, 6.45) is 0.952. The molecule has 5 nitrogen and oxygen atoms in total. The van der Waals surface area contributed by atoms with Gasteiger partial charge < -0.3 is 10.2 Å². The molecule has 25 heavy (non-hydrogen) atoms. The van der Waals surface area contributed by atoms with Crippen molar-refractivity contribution in [2.75, 3.05) is 37.6 Å². The molecule has 1 saturated heterocycles. The van der Waals surface area contributed by atoms with Gasteiger partial charge in [0.05, 0.1) is 6.54 Å². The molecule has 1 aromatic carbocycles. The van der Waals surface area contributed by atoms with E-state index in [4.69, 9.17) is 11.6 Å². The van der Waals surface area contributed by atoms with E-state index in [1.807, 2.05) is 25.1 Å². The summed E-state index contributed by atoms with van der Waals surface area (Å²) in [6.45, 7) is 7.96. The minimum absolute atomic E-state index is 0.106. The molecule has 0 bridgehead atoms. The molecule has 1 aromatic heterocycles. The number of rotatable bonds is 5. The Balaban J connectivity index is 1.60. The maximum Gasteiger partial charge on any atom is 0.234 e. The van der Waals surface area contributed by atoms with Gasteiger partial charge in [0, 0.05) is 37.6 Å². The second-order valence-corrected chi connectivity index (χ2v) is 6.99. The van der Waals surface area contributed by atoms with Crippen molar-refractivity contribution in [3.8, 4) is 0 Å². The van der Waals surface area contributed by atoms with Crippen LogP contribution in [0.3, 0.4) is 0 Å². The maximum absolute atomic E-state index is 12.0. The average Bonchev–Trinajstić information content (AvgIpc) is 2.62. The molecular formula is C19H25ClN4O. The van der Waals surface area contributed by atoms with Gasteiger partial charge in [-0.15, -0.1) is 0 Å². The zero-order chi connectivity index (χ0) is 17.8. The quantitative estimate of drug-likeness (QED) is 0.833. The maximum atomic E-state index is 12.0. The fraction of sp³-hybridized carbons (Fsp3) is 0.474. The average molecular weight is 361 g/mol. The zero-order valence-electron chi connectivity index (χ0n) is 14.8. The van der Waals surface area contributed by atoms with Gasteiger partial charge in [-0.3, -0.25) is 9.69 Å². The molecule has 1 atom stereocenters. The molecule has 2 heterocycles. The third-order valence-corrected chi connectivity index (χ3v) is 5.05. The van der Waals surface area contributed by atoms with Gasteiger partial charge in [0.2, 0.25) is 5.91 Å². The molecule has 1 aliphatic rings. The van der Waals surface area contributed by atoms with Crippen LogP contribution in [-0.4, -0.2) is 54.6 Å². The number of nitrogens with zero attached hydrogens (tertiary/aromatic N) is 3. The minimum Gasteiger partial charge on any atom is -0.354 e. The number of pyridine rings is 1. The number of hydrogen-bond donors (Lipinski definition) is 1. The summed E-state index contributed by atoms with van der Waals surface area (Å²) < 4.78 is 0. The van der Waals surface area contributed by atoms with Crippen molar-refractivity contribution in [3.63, 3.8) is 0 Å². The van der Waals surface area contributed by atoms with Crippen molar-refractivity contribution in [2.45, 2.75) is 26.3 Å². The standard InChI is InChI=1S/C19H25ClN4O/c1-3-14(2)21-18(25)13-23-8-10-24(11-9-23)17-12-15-6-4-5-7-16(15)19(20)22-17/h4-7,12,14H,3,8-11,13H2,1-2H3,(H,21,25). The lowest BCUT2D eigenvalue weighted by Gasteiger charge is -2.35. The van der Waals surface area contributed by atoms with E-state index in [2.05, 4.69) is 39.2 Å². The Morgan fingerprint density at radius 3 is 2.72 bits per heavy atom. The molecule has 1 amide bonds. The van der Waals surface area contributed by atoms with Gasteiger partial charge in [0.15, 0.2) is 0 Å².